The number of amides is 1. The highest BCUT2D eigenvalue weighted by Gasteiger charge is 2.28. The fraction of sp³-hybridized carbons (Fsp3) is 0.388. The van der Waals surface area contributed by atoms with E-state index in [0.717, 1.165) is 93.4 Å². The van der Waals surface area contributed by atoms with Gasteiger partial charge in [0.1, 0.15) is 38.5 Å². The minimum Gasteiger partial charge on any atom is -0.476 e. The number of ether oxygens (including phenoxy) is 2. The van der Waals surface area contributed by atoms with Gasteiger partial charge in [-0.3, -0.25) is 24.4 Å². The van der Waals surface area contributed by atoms with Crippen molar-refractivity contribution < 1.29 is 41.7 Å². The van der Waals surface area contributed by atoms with E-state index in [0.29, 0.717) is 28.4 Å². The lowest BCUT2D eigenvalue weighted by Crippen LogP contribution is -2.24. The highest BCUT2D eigenvalue weighted by Crippen LogP contribution is 2.36. The molecule has 0 unspecified atom stereocenters. The molecule has 2 fully saturated rings. The Bertz CT molecular complexity index is 3030. The third-order valence-electron chi connectivity index (χ3n) is 11.6. The van der Waals surface area contributed by atoms with Gasteiger partial charge >= 0.3 is 5.97 Å². The Kier molecular flexibility index (Phi) is 22.7. The molecular formula is C49H61ClF4N14O5S2. The highest BCUT2D eigenvalue weighted by molar-refractivity contribution is 7.13. The van der Waals surface area contributed by atoms with Crippen LogP contribution in [0.15, 0.2) is 72.2 Å². The standard InChI is InChI=1S/C23H23F2N7O2S.C16H20F2N4O.C7H5N3O2S.3CH4.ClH/c1-2-34-15-5-3-14(4-6-15)32-11-17(21(31-32)20-16(24)7-8-19(25)30-20)28-22(33)18-12-35-23(29-18)13-9-26-27-10-13;1-2-23-11-5-3-10(4-6-11)22-9-13(19)16(21-22)15-12(17)7-8-14(18)20-15;11-7(12)5-3-13-6(10-5)4-1-8-9-2-4;;;;/h7-12,14-15H,2-6H2,1H3,(H,26,27)(H,28,33);7-11H,2-6,19H2,1H3;1-3H,(H,8,9)(H,11,12);3*1H4;1H. The molecule has 2 aliphatic rings. The Morgan fingerprint density at radius 1 is 0.680 bits per heavy atom. The second-order valence-electron chi connectivity index (χ2n) is 16.3. The van der Waals surface area contributed by atoms with Gasteiger partial charge in [-0.05, 0) is 89.5 Å². The molecule has 8 heterocycles. The number of thiazole rings is 2. The summed E-state index contributed by atoms with van der Waals surface area (Å²) in [5.41, 5.74) is 8.13. The summed E-state index contributed by atoms with van der Waals surface area (Å²) in [4.78, 5) is 39.1. The van der Waals surface area contributed by atoms with Crippen LogP contribution in [0.4, 0.5) is 28.9 Å². The molecule has 2 saturated carbocycles. The number of hydrogen-bond acceptors (Lipinski definition) is 15. The average Bonchev–Trinajstić information content (AvgIpc) is 4.23. The normalized spacial score (nSPS) is 16.8. The quantitative estimate of drug-likeness (QED) is 0.0532. The average molecular weight is 1100 g/mol. The highest BCUT2D eigenvalue weighted by atomic mass is 35.5. The summed E-state index contributed by atoms with van der Waals surface area (Å²) in [5.74, 6) is -4.46. The van der Waals surface area contributed by atoms with E-state index in [1.54, 1.807) is 51.9 Å². The molecule has 19 nitrogen and oxygen atoms in total. The molecule has 0 aromatic carbocycles. The van der Waals surface area contributed by atoms with Crippen LogP contribution in [0.25, 0.3) is 43.9 Å². The zero-order valence-electron chi connectivity index (χ0n) is 38.7. The maximum atomic E-state index is 14.6. The van der Waals surface area contributed by atoms with E-state index in [1.807, 2.05) is 13.8 Å². The maximum Gasteiger partial charge on any atom is 0.355 e. The predicted octanol–water partition coefficient (Wildman–Crippen LogP) is 11.7. The van der Waals surface area contributed by atoms with Crippen molar-refractivity contribution in [2.24, 2.45) is 0 Å². The van der Waals surface area contributed by atoms with Crippen molar-refractivity contribution in [3.05, 3.63) is 107 Å². The van der Waals surface area contributed by atoms with Gasteiger partial charge in [0.25, 0.3) is 5.91 Å². The van der Waals surface area contributed by atoms with Gasteiger partial charge in [-0.25, -0.2) is 33.5 Å². The SMILES string of the molecule is C.C.C.CCOC1CCC(n2cc(N)c(-c3nc(F)ccc3F)n2)CC1.CCOC1CCC(n2cc(NC(=O)c3csc(-c4cn[nH]c4)n3)c(-c3nc(F)ccc3F)n2)CC1.Cl.O=C(O)c1csc(-c2cn[nH]c2)n1. The maximum absolute atomic E-state index is 14.6. The first-order valence-electron chi connectivity index (χ1n) is 22.6. The van der Waals surface area contributed by atoms with Crippen LogP contribution in [0, 0.1) is 23.5 Å². The van der Waals surface area contributed by atoms with Crippen LogP contribution in [0.2, 0.25) is 0 Å². The van der Waals surface area contributed by atoms with Crippen molar-refractivity contribution in [3.63, 3.8) is 0 Å². The monoisotopic (exact) mass is 1100 g/mol. The molecule has 0 saturated heterocycles. The van der Waals surface area contributed by atoms with Crippen LogP contribution in [-0.2, 0) is 9.47 Å². The molecule has 6 N–H and O–H groups in total. The van der Waals surface area contributed by atoms with Crippen LogP contribution in [-0.4, -0.2) is 102 Å². The molecule has 26 heteroatoms. The second kappa shape index (κ2) is 28.1. The van der Waals surface area contributed by atoms with Crippen molar-refractivity contribution in [1.29, 1.82) is 0 Å². The second-order valence-corrected chi connectivity index (χ2v) is 18.0. The van der Waals surface area contributed by atoms with E-state index in [-0.39, 0.29) is 92.7 Å². The fourth-order valence-electron chi connectivity index (χ4n) is 8.15. The van der Waals surface area contributed by atoms with E-state index >= 15 is 0 Å². The van der Waals surface area contributed by atoms with Crippen molar-refractivity contribution in [2.75, 3.05) is 24.3 Å². The molecule has 0 aliphatic heterocycles. The van der Waals surface area contributed by atoms with E-state index < -0.39 is 35.4 Å². The van der Waals surface area contributed by atoms with Gasteiger partial charge in [-0.1, -0.05) is 22.3 Å². The Labute approximate surface area is 445 Å². The molecule has 0 radical (unpaired) electrons. The molecule has 0 bridgehead atoms. The number of anilines is 2. The number of carbonyl (C=O) groups is 2. The number of aromatic amines is 2. The Morgan fingerprint density at radius 2 is 1.13 bits per heavy atom. The summed E-state index contributed by atoms with van der Waals surface area (Å²) in [6, 6.07) is 4.17. The number of aromatic nitrogens is 12. The lowest BCUT2D eigenvalue weighted by atomic mass is 9.93. The Morgan fingerprint density at radius 3 is 1.59 bits per heavy atom. The summed E-state index contributed by atoms with van der Waals surface area (Å²) in [5, 5.41) is 37.7. The number of nitrogens with zero attached hydrogens (tertiary/aromatic N) is 10. The number of hydrogen-bond donors (Lipinski definition) is 5. The number of nitrogens with two attached hydrogens (primary N) is 1. The van der Waals surface area contributed by atoms with Crippen molar-refractivity contribution in [3.8, 4) is 43.9 Å². The molecule has 1 amide bonds. The first-order chi connectivity index (χ1) is 34.4. The zero-order chi connectivity index (χ0) is 50.0. The van der Waals surface area contributed by atoms with Gasteiger partial charge in [-0.15, -0.1) is 35.1 Å². The minimum absolute atomic E-state index is 0. The first kappa shape index (κ1) is 60.6. The van der Waals surface area contributed by atoms with E-state index in [9.17, 15) is 27.2 Å². The number of halogens is 5. The third kappa shape index (κ3) is 15.1. The topological polar surface area (TPSA) is 255 Å². The number of pyridine rings is 2. The van der Waals surface area contributed by atoms with Gasteiger partial charge in [-0.2, -0.15) is 29.2 Å². The first-order valence-corrected chi connectivity index (χ1v) is 24.4. The van der Waals surface area contributed by atoms with Gasteiger partial charge < -0.3 is 25.6 Å². The molecule has 8 aromatic heterocycles. The number of aromatic carboxylic acids is 1. The summed E-state index contributed by atoms with van der Waals surface area (Å²) in [6.45, 7) is 5.36. The van der Waals surface area contributed by atoms with Crippen LogP contribution in [0.5, 0.6) is 0 Å². The molecule has 404 valence electrons. The minimum atomic E-state index is -1.01. The Hall–Kier alpha value is -6.93. The number of H-pyrrole nitrogens is 2. The van der Waals surface area contributed by atoms with Gasteiger partial charge in [0.15, 0.2) is 17.3 Å². The van der Waals surface area contributed by atoms with E-state index in [2.05, 4.69) is 55.8 Å². The number of rotatable bonds is 13. The molecule has 10 rings (SSSR count). The van der Waals surface area contributed by atoms with Crippen molar-refractivity contribution in [1.82, 2.24) is 59.9 Å². The molecule has 0 spiro atoms. The molecule has 8 aromatic rings. The molecule has 2 aliphatic carbocycles. The Balaban J connectivity index is 0.000000262. The van der Waals surface area contributed by atoms with Gasteiger partial charge in [0, 0.05) is 59.9 Å². The van der Waals surface area contributed by atoms with Gasteiger partial charge in [0.2, 0.25) is 11.9 Å². The number of carboxylic acid groups (broad SMARTS) is 1. The largest absolute Gasteiger partial charge is 0.476 e. The molecule has 0 atom stereocenters. The van der Waals surface area contributed by atoms with Crippen molar-refractivity contribution in [2.45, 2.75) is 112 Å². The summed E-state index contributed by atoms with van der Waals surface area (Å²) in [6.07, 6.45) is 17.5. The third-order valence-corrected chi connectivity index (χ3v) is 13.4. The van der Waals surface area contributed by atoms with E-state index in [4.69, 9.17) is 20.3 Å². The smallest absolute Gasteiger partial charge is 0.355 e. The molecular weight excluding hydrogens is 1040 g/mol. The number of carboxylic acids is 1. The number of nitrogen functional groups attached to an aromatic ring is 1. The van der Waals surface area contributed by atoms with Crippen LogP contribution in [0.1, 0.15) is 121 Å². The van der Waals surface area contributed by atoms with Crippen LogP contribution < -0.4 is 11.1 Å². The lowest BCUT2D eigenvalue weighted by molar-refractivity contribution is 0.0258. The van der Waals surface area contributed by atoms with E-state index in [1.165, 1.54) is 28.1 Å². The summed E-state index contributed by atoms with van der Waals surface area (Å²) < 4.78 is 70.5. The number of carbonyl (C=O) groups excluding carboxylic acids is 1. The van der Waals surface area contributed by atoms with Gasteiger partial charge in [0.05, 0.1) is 48.1 Å². The summed E-state index contributed by atoms with van der Waals surface area (Å²) in [7, 11) is 0. The zero-order valence-corrected chi connectivity index (χ0v) is 41.1. The number of nitrogens with one attached hydrogen (secondary N) is 3. The van der Waals surface area contributed by atoms with Crippen molar-refractivity contribution >= 4 is 58.3 Å². The predicted molar refractivity (Wildman–Crippen MR) is 283 cm³/mol. The van der Waals surface area contributed by atoms with Crippen LogP contribution in [0.3, 0.4) is 0 Å². The summed E-state index contributed by atoms with van der Waals surface area (Å²) >= 11 is 2.58. The van der Waals surface area contributed by atoms with Crippen LogP contribution >= 0.6 is 35.1 Å². The molecule has 75 heavy (non-hydrogen) atoms. The lowest BCUT2D eigenvalue weighted by Gasteiger charge is -2.28. The fourth-order valence-corrected chi connectivity index (χ4v) is 9.71.